The Labute approximate surface area is 77.3 Å². The molecule has 0 aliphatic rings. The number of nitrogens with one attached hydrogen (secondary N) is 1. The van der Waals surface area contributed by atoms with Crippen LogP contribution in [0.3, 0.4) is 0 Å². The lowest BCUT2D eigenvalue weighted by Crippen LogP contribution is -3.00. The van der Waals surface area contributed by atoms with Crippen LogP contribution in [-0.4, -0.2) is 15.2 Å². The van der Waals surface area contributed by atoms with Gasteiger partial charge in [0.15, 0.2) is 5.69 Å². The minimum Gasteiger partial charge on any atom is -1.00 e. The third kappa shape index (κ3) is 1.82. The maximum absolute atomic E-state index is 9.19. The number of aromatic amines is 1. The first-order valence-electron chi connectivity index (χ1n) is 3.67. The SMILES string of the molecule is CCC[n+]1c(O)[nH]c(O)c1C.[Cl-]. The number of imidazole rings is 1. The van der Waals surface area contributed by atoms with E-state index in [1.54, 1.807) is 11.5 Å². The first kappa shape index (κ1) is 11.1. The van der Waals surface area contributed by atoms with Gasteiger partial charge in [-0.2, -0.15) is 9.55 Å². The smallest absolute Gasteiger partial charge is 0.454 e. The summed E-state index contributed by atoms with van der Waals surface area (Å²) in [6.45, 7) is 4.48. The average molecular weight is 193 g/mol. The van der Waals surface area contributed by atoms with Crippen LogP contribution < -0.4 is 17.0 Å². The Kier molecular flexibility index (Phi) is 3.89. The van der Waals surface area contributed by atoms with Crippen LogP contribution in [-0.2, 0) is 6.54 Å². The van der Waals surface area contributed by atoms with Crippen LogP contribution in [0.25, 0.3) is 0 Å². The number of aromatic hydroxyl groups is 2. The Hall–Kier alpha value is -0.900. The summed E-state index contributed by atoms with van der Waals surface area (Å²) >= 11 is 0. The van der Waals surface area contributed by atoms with E-state index in [9.17, 15) is 5.11 Å². The number of H-pyrrole nitrogens is 1. The second kappa shape index (κ2) is 4.21. The van der Waals surface area contributed by atoms with Gasteiger partial charge in [-0.05, 0) is 6.42 Å². The molecule has 1 aromatic heterocycles. The molecule has 1 heterocycles. The summed E-state index contributed by atoms with van der Waals surface area (Å²) in [6, 6.07) is 0.0156. The van der Waals surface area contributed by atoms with Gasteiger partial charge in [0.1, 0.15) is 0 Å². The molecule has 0 aromatic carbocycles. The molecule has 12 heavy (non-hydrogen) atoms. The molecule has 0 spiro atoms. The second-order valence-corrected chi connectivity index (χ2v) is 2.53. The summed E-state index contributed by atoms with van der Waals surface area (Å²) in [5, 5.41) is 18.3. The van der Waals surface area contributed by atoms with E-state index >= 15 is 0 Å². The molecular weight excluding hydrogens is 180 g/mol. The quantitative estimate of drug-likeness (QED) is 0.452. The first-order chi connectivity index (χ1) is 5.16. The summed E-state index contributed by atoms with van der Waals surface area (Å²) in [4.78, 5) is 2.43. The zero-order chi connectivity index (χ0) is 8.43. The van der Waals surface area contributed by atoms with Crippen molar-refractivity contribution in [1.82, 2.24) is 4.98 Å². The van der Waals surface area contributed by atoms with Crippen LogP contribution in [0.4, 0.5) is 0 Å². The fraction of sp³-hybridized carbons (Fsp3) is 0.571. The molecule has 1 rings (SSSR count). The average Bonchev–Trinajstić information content (AvgIpc) is 2.17. The number of hydrogen-bond acceptors (Lipinski definition) is 2. The summed E-state index contributed by atoms with van der Waals surface area (Å²) in [6.07, 6.45) is 0.927. The van der Waals surface area contributed by atoms with Gasteiger partial charge in [-0.25, -0.2) is 0 Å². The number of hydrogen-bond donors (Lipinski definition) is 3. The summed E-state index contributed by atoms with van der Waals surface area (Å²) in [5.74, 6) is 0.0379. The molecule has 0 unspecified atom stereocenters. The van der Waals surface area contributed by atoms with Gasteiger partial charge in [0.25, 0.3) is 0 Å². The molecule has 0 fully saturated rings. The number of nitrogens with zero attached hydrogens (tertiary/aromatic N) is 1. The highest BCUT2D eigenvalue weighted by Gasteiger charge is 2.18. The van der Waals surface area contributed by atoms with E-state index in [1.165, 1.54) is 0 Å². The van der Waals surface area contributed by atoms with Crippen LogP contribution >= 0.6 is 0 Å². The first-order valence-corrected chi connectivity index (χ1v) is 3.67. The van der Waals surface area contributed by atoms with E-state index in [1.807, 2.05) is 6.92 Å². The molecule has 0 atom stereocenters. The van der Waals surface area contributed by atoms with Crippen LogP contribution in [0.1, 0.15) is 19.0 Å². The Morgan fingerprint density at radius 3 is 2.33 bits per heavy atom. The Bertz CT molecular complexity index is 260. The minimum absolute atomic E-state index is 0. The van der Waals surface area contributed by atoms with E-state index in [0.717, 1.165) is 6.42 Å². The maximum Gasteiger partial charge on any atom is 0.454 e. The number of aromatic nitrogens is 2. The largest absolute Gasteiger partial charge is 1.00 e. The van der Waals surface area contributed by atoms with Crippen molar-refractivity contribution in [2.45, 2.75) is 26.8 Å². The monoisotopic (exact) mass is 192 g/mol. The molecule has 0 aliphatic carbocycles. The Balaban J connectivity index is 0.00000121. The van der Waals surface area contributed by atoms with Gasteiger partial charge < -0.3 is 22.6 Å². The standard InChI is InChI=1S/C7H12N2O2.ClH/c1-3-4-9-5(2)6(10)8-7(9)11;/h3-4H2,1-2H3,(H2,8,10,11);1H. The van der Waals surface area contributed by atoms with E-state index in [0.29, 0.717) is 12.2 Å². The van der Waals surface area contributed by atoms with Crippen LogP contribution in [0.15, 0.2) is 0 Å². The van der Waals surface area contributed by atoms with Crippen LogP contribution in [0, 0.1) is 6.92 Å². The lowest BCUT2D eigenvalue weighted by Gasteiger charge is -1.93. The van der Waals surface area contributed by atoms with Crippen LogP contribution in [0.2, 0.25) is 0 Å². The Morgan fingerprint density at radius 1 is 1.42 bits per heavy atom. The zero-order valence-electron chi connectivity index (χ0n) is 7.13. The highest BCUT2D eigenvalue weighted by atomic mass is 35.5. The van der Waals surface area contributed by atoms with Crippen molar-refractivity contribution >= 4 is 0 Å². The fourth-order valence-electron chi connectivity index (χ4n) is 1.05. The lowest BCUT2D eigenvalue weighted by atomic mass is 10.4. The van der Waals surface area contributed by atoms with Gasteiger partial charge in [-0.3, -0.25) is 0 Å². The predicted molar refractivity (Wildman–Crippen MR) is 39.3 cm³/mol. The van der Waals surface area contributed by atoms with Crippen molar-refractivity contribution in [3.63, 3.8) is 0 Å². The minimum atomic E-state index is 0. The molecule has 0 aliphatic heterocycles. The predicted octanol–water partition coefficient (Wildman–Crippen LogP) is -2.56. The molecule has 70 valence electrons. The molecular formula is C7H13ClN2O2. The van der Waals surface area contributed by atoms with Gasteiger partial charge in [0, 0.05) is 6.92 Å². The highest BCUT2D eigenvalue weighted by molar-refractivity contribution is 5.11. The van der Waals surface area contributed by atoms with Crippen molar-refractivity contribution < 1.29 is 27.2 Å². The van der Waals surface area contributed by atoms with Gasteiger partial charge in [0.2, 0.25) is 0 Å². The van der Waals surface area contributed by atoms with E-state index < -0.39 is 0 Å². The zero-order valence-corrected chi connectivity index (χ0v) is 7.89. The van der Waals surface area contributed by atoms with E-state index in [4.69, 9.17) is 5.11 Å². The maximum atomic E-state index is 9.19. The molecule has 0 bridgehead atoms. The summed E-state index contributed by atoms with van der Waals surface area (Å²) in [7, 11) is 0. The third-order valence-corrected chi connectivity index (χ3v) is 1.68. The summed E-state index contributed by atoms with van der Waals surface area (Å²) < 4.78 is 1.63. The second-order valence-electron chi connectivity index (χ2n) is 2.53. The van der Waals surface area contributed by atoms with Crippen molar-refractivity contribution in [2.75, 3.05) is 0 Å². The molecule has 5 heteroatoms. The lowest BCUT2D eigenvalue weighted by molar-refractivity contribution is -0.706. The molecule has 0 radical (unpaired) electrons. The number of rotatable bonds is 2. The third-order valence-electron chi connectivity index (χ3n) is 1.68. The molecule has 0 saturated heterocycles. The van der Waals surface area contributed by atoms with E-state index in [2.05, 4.69) is 4.98 Å². The number of halogens is 1. The van der Waals surface area contributed by atoms with Crippen molar-refractivity contribution in [1.29, 1.82) is 0 Å². The van der Waals surface area contributed by atoms with Crippen LogP contribution in [0.5, 0.6) is 11.9 Å². The molecule has 3 N–H and O–H groups in total. The van der Waals surface area contributed by atoms with Gasteiger partial charge in [-0.15, -0.1) is 0 Å². The van der Waals surface area contributed by atoms with Gasteiger partial charge in [0.05, 0.1) is 6.54 Å². The topological polar surface area (TPSA) is 60.1 Å². The molecule has 0 amide bonds. The van der Waals surface area contributed by atoms with Gasteiger partial charge >= 0.3 is 11.9 Å². The van der Waals surface area contributed by atoms with Gasteiger partial charge in [-0.1, -0.05) is 6.92 Å². The highest BCUT2D eigenvalue weighted by Crippen LogP contribution is 2.12. The Morgan fingerprint density at radius 2 is 2.00 bits per heavy atom. The van der Waals surface area contributed by atoms with Crippen molar-refractivity contribution in [2.24, 2.45) is 0 Å². The fourth-order valence-corrected chi connectivity index (χ4v) is 1.05. The molecule has 0 saturated carbocycles. The van der Waals surface area contributed by atoms with E-state index in [-0.39, 0.29) is 24.3 Å². The molecule has 1 aromatic rings. The van der Waals surface area contributed by atoms with Crippen molar-refractivity contribution in [3.05, 3.63) is 5.69 Å². The van der Waals surface area contributed by atoms with Crippen molar-refractivity contribution in [3.8, 4) is 11.9 Å². The molecule has 4 nitrogen and oxygen atoms in total. The summed E-state index contributed by atoms with van der Waals surface area (Å²) in [5.41, 5.74) is 0.671. The normalized spacial score (nSPS) is 9.50.